The minimum Gasteiger partial charge on any atom is -0.301 e. The first-order valence-electron chi connectivity index (χ1n) is 6.61. The van der Waals surface area contributed by atoms with Gasteiger partial charge in [-0.2, -0.15) is 5.26 Å². The lowest BCUT2D eigenvalue weighted by Gasteiger charge is -2.23. The molecule has 2 aromatic rings. The maximum atomic E-state index is 9.23. The minimum atomic E-state index is 0.169. The van der Waals surface area contributed by atoms with E-state index in [9.17, 15) is 5.26 Å². The summed E-state index contributed by atoms with van der Waals surface area (Å²) in [5.74, 6) is 0.169. The van der Waals surface area contributed by atoms with E-state index >= 15 is 0 Å². The number of rotatable bonds is 4. The van der Waals surface area contributed by atoms with Crippen LogP contribution >= 0.6 is 22.7 Å². The lowest BCUT2D eigenvalue weighted by molar-refractivity contribution is 0.437. The molecular weight excluding hydrogens is 272 g/mol. The van der Waals surface area contributed by atoms with E-state index in [1.807, 2.05) is 0 Å². The van der Waals surface area contributed by atoms with Crippen LogP contribution in [0, 0.1) is 17.2 Å². The van der Waals surface area contributed by atoms with E-state index in [1.54, 1.807) is 22.7 Å². The van der Waals surface area contributed by atoms with Crippen LogP contribution in [-0.4, -0.2) is 6.04 Å². The third kappa shape index (κ3) is 2.74. The van der Waals surface area contributed by atoms with Gasteiger partial charge in [-0.1, -0.05) is 18.6 Å². The lowest BCUT2D eigenvalue weighted by atomic mass is 10.0. The molecule has 0 aromatic carbocycles. The Bertz CT molecular complexity index is 505. The quantitative estimate of drug-likeness (QED) is 0.916. The minimum absolute atomic E-state index is 0.169. The Morgan fingerprint density at radius 1 is 1.16 bits per heavy atom. The second-order valence-electron chi connectivity index (χ2n) is 4.90. The molecule has 1 fully saturated rings. The maximum Gasteiger partial charge on any atom is 0.0767 e. The van der Waals surface area contributed by atoms with Gasteiger partial charge in [-0.15, -0.1) is 22.7 Å². The zero-order chi connectivity index (χ0) is 13.1. The van der Waals surface area contributed by atoms with Gasteiger partial charge in [0.05, 0.1) is 18.0 Å². The topological polar surface area (TPSA) is 35.8 Å². The lowest BCUT2D eigenvalue weighted by Crippen LogP contribution is -2.35. The number of nitriles is 1. The molecule has 3 rings (SSSR count). The predicted molar refractivity (Wildman–Crippen MR) is 80.4 cm³/mol. The molecule has 2 nitrogen and oxygen atoms in total. The summed E-state index contributed by atoms with van der Waals surface area (Å²) in [4.78, 5) is 2.68. The van der Waals surface area contributed by atoms with Crippen molar-refractivity contribution in [2.24, 2.45) is 5.92 Å². The first kappa shape index (κ1) is 12.9. The number of nitrogens with zero attached hydrogens (tertiary/aromatic N) is 1. The Labute approximate surface area is 121 Å². The Balaban J connectivity index is 1.83. The largest absolute Gasteiger partial charge is 0.301 e. The first-order valence-corrected chi connectivity index (χ1v) is 8.37. The number of nitrogens with one attached hydrogen (secondary N) is 1. The van der Waals surface area contributed by atoms with Crippen LogP contribution in [-0.2, 0) is 0 Å². The summed E-state index contributed by atoms with van der Waals surface area (Å²) in [5.41, 5.74) is 0. The van der Waals surface area contributed by atoms with Gasteiger partial charge in [0.15, 0.2) is 0 Å². The molecule has 0 bridgehead atoms. The summed E-state index contributed by atoms with van der Waals surface area (Å²) in [6.45, 7) is 0. The Kier molecular flexibility index (Phi) is 3.97. The molecule has 0 aliphatic heterocycles. The van der Waals surface area contributed by atoms with Crippen LogP contribution in [0.1, 0.15) is 35.1 Å². The number of hydrogen-bond acceptors (Lipinski definition) is 4. The van der Waals surface area contributed by atoms with E-state index in [0.717, 1.165) is 19.3 Å². The third-order valence-corrected chi connectivity index (χ3v) is 5.59. The van der Waals surface area contributed by atoms with Crippen LogP contribution in [0.5, 0.6) is 0 Å². The van der Waals surface area contributed by atoms with Crippen LogP contribution < -0.4 is 5.32 Å². The SMILES string of the molecule is N#CC1CCCC1NC(c1cccs1)c1cccs1. The van der Waals surface area contributed by atoms with Gasteiger partial charge in [0.25, 0.3) is 0 Å². The fourth-order valence-electron chi connectivity index (χ4n) is 2.74. The van der Waals surface area contributed by atoms with E-state index < -0.39 is 0 Å². The molecule has 2 atom stereocenters. The predicted octanol–water partition coefficient (Wildman–Crippen LogP) is 4.18. The van der Waals surface area contributed by atoms with Gasteiger partial charge in [0.2, 0.25) is 0 Å². The zero-order valence-electron chi connectivity index (χ0n) is 10.6. The average Bonchev–Trinajstić information content (AvgIpc) is 3.17. The Morgan fingerprint density at radius 3 is 2.37 bits per heavy atom. The van der Waals surface area contributed by atoms with Crippen LogP contribution in [0.15, 0.2) is 35.0 Å². The van der Waals surface area contributed by atoms with Crippen molar-refractivity contribution < 1.29 is 0 Å². The van der Waals surface area contributed by atoms with Crippen molar-refractivity contribution in [3.63, 3.8) is 0 Å². The molecular formula is C15H16N2S2. The third-order valence-electron chi connectivity index (χ3n) is 3.72. The molecule has 0 amide bonds. The Hall–Kier alpha value is -1.15. The summed E-state index contributed by atoms with van der Waals surface area (Å²) < 4.78 is 0. The van der Waals surface area contributed by atoms with Crippen LogP contribution in [0.25, 0.3) is 0 Å². The van der Waals surface area contributed by atoms with Crippen LogP contribution in [0.4, 0.5) is 0 Å². The number of hydrogen-bond donors (Lipinski definition) is 1. The summed E-state index contributed by atoms with van der Waals surface area (Å²) in [6.07, 6.45) is 3.32. The van der Waals surface area contributed by atoms with Crippen LogP contribution in [0.3, 0.4) is 0 Å². The molecule has 2 aromatic heterocycles. The average molecular weight is 288 g/mol. The van der Waals surface area contributed by atoms with Gasteiger partial charge in [-0.3, -0.25) is 0 Å². The molecule has 1 aliphatic carbocycles. The maximum absolute atomic E-state index is 9.23. The molecule has 98 valence electrons. The van der Waals surface area contributed by atoms with Crippen molar-refractivity contribution in [3.05, 3.63) is 44.8 Å². The fraction of sp³-hybridized carbons (Fsp3) is 0.400. The summed E-state index contributed by atoms with van der Waals surface area (Å²) in [5, 5.41) is 17.2. The molecule has 1 saturated carbocycles. The zero-order valence-corrected chi connectivity index (χ0v) is 12.2. The standard InChI is InChI=1S/C15H16N2S2/c16-10-11-4-1-5-12(11)17-15(13-6-2-8-18-13)14-7-3-9-19-14/h2-3,6-9,11-12,15,17H,1,4-5H2. The highest BCUT2D eigenvalue weighted by Crippen LogP contribution is 2.33. The van der Waals surface area contributed by atoms with Gasteiger partial charge in [-0.25, -0.2) is 0 Å². The highest BCUT2D eigenvalue weighted by molar-refractivity contribution is 7.11. The summed E-state index contributed by atoms with van der Waals surface area (Å²) in [7, 11) is 0. The molecule has 2 heterocycles. The van der Waals surface area contributed by atoms with Gasteiger partial charge in [0, 0.05) is 15.8 Å². The summed E-state index contributed by atoms with van der Waals surface area (Å²) >= 11 is 3.57. The molecule has 2 unspecified atom stereocenters. The van der Waals surface area contributed by atoms with E-state index in [1.165, 1.54) is 9.75 Å². The van der Waals surface area contributed by atoms with Crippen molar-refractivity contribution in [3.8, 4) is 6.07 Å². The van der Waals surface area contributed by atoms with Crippen molar-refractivity contribution in [1.29, 1.82) is 5.26 Å². The highest BCUT2D eigenvalue weighted by Gasteiger charge is 2.30. The van der Waals surface area contributed by atoms with E-state index in [-0.39, 0.29) is 12.0 Å². The normalized spacial score (nSPS) is 22.7. The smallest absolute Gasteiger partial charge is 0.0767 e. The fourth-order valence-corrected chi connectivity index (χ4v) is 4.42. The molecule has 0 saturated heterocycles. The molecule has 4 heteroatoms. The van der Waals surface area contributed by atoms with E-state index in [2.05, 4.69) is 46.4 Å². The first-order chi connectivity index (χ1) is 9.38. The summed E-state index contributed by atoms with van der Waals surface area (Å²) in [6, 6.07) is 11.6. The number of thiophene rings is 2. The van der Waals surface area contributed by atoms with Gasteiger partial charge in [0.1, 0.15) is 0 Å². The van der Waals surface area contributed by atoms with Crippen molar-refractivity contribution in [2.45, 2.75) is 31.3 Å². The second kappa shape index (κ2) is 5.87. The monoisotopic (exact) mass is 288 g/mol. The van der Waals surface area contributed by atoms with Gasteiger partial charge >= 0.3 is 0 Å². The van der Waals surface area contributed by atoms with Gasteiger partial charge < -0.3 is 5.32 Å². The van der Waals surface area contributed by atoms with Crippen molar-refractivity contribution in [2.75, 3.05) is 0 Å². The van der Waals surface area contributed by atoms with E-state index in [4.69, 9.17) is 0 Å². The van der Waals surface area contributed by atoms with Crippen molar-refractivity contribution >= 4 is 22.7 Å². The Morgan fingerprint density at radius 2 is 1.84 bits per heavy atom. The van der Waals surface area contributed by atoms with Crippen LogP contribution in [0.2, 0.25) is 0 Å². The molecule has 0 radical (unpaired) electrons. The highest BCUT2D eigenvalue weighted by atomic mass is 32.1. The molecule has 0 spiro atoms. The molecule has 1 aliphatic rings. The van der Waals surface area contributed by atoms with Gasteiger partial charge in [-0.05, 0) is 35.7 Å². The van der Waals surface area contributed by atoms with Crippen molar-refractivity contribution in [1.82, 2.24) is 5.32 Å². The second-order valence-corrected chi connectivity index (χ2v) is 6.86. The molecule has 19 heavy (non-hydrogen) atoms. The van der Waals surface area contributed by atoms with E-state index in [0.29, 0.717) is 6.04 Å². The molecule has 1 N–H and O–H groups in total.